The van der Waals surface area contributed by atoms with Gasteiger partial charge in [0.2, 0.25) is 11.8 Å². The molecule has 0 radical (unpaired) electrons. The van der Waals surface area contributed by atoms with Crippen LogP contribution in [0.1, 0.15) is 56.4 Å². The Morgan fingerprint density at radius 3 is 2.38 bits per heavy atom. The van der Waals surface area contributed by atoms with Crippen molar-refractivity contribution in [3.05, 3.63) is 102 Å². The molecule has 2 amide bonds. The van der Waals surface area contributed by atoms with Crippen molar-refractivity contribution in [3.8, 4) is 0 Å². The molecule has 42 heavy (non-hydrogen) atoms. The van der Waals surface area contributed by atoms with Gasteiger partial charge < -0.3 is 20.4 Å². The van der Waals surface area contributed by atoms with E-state index in [4.69, 9.17) is 0 Å². The van der Waals surface area contributed by atoms with Crippen molar-refractivity contribution in [2.45, 2.75) is 70.9 Å². The Kier molecular flexibility index (Phi) is 11.4. The first kappa shape index (κ1) is 30.7. The van der Waals surface area contributed by atoms with Crippen molar-refractivity contribution < 1.29 is 14.4 Å². The third-order valence-corrected chi connectivity index (χ3v) is 7.66. The summed E-state index contributed by atoms with van der Waals surface area (Å²) in [5.41, 5.74) is 3.13. The number of unbranched alkanes of at least 4 members (excludes halogenated alkanes) is 1. The van der Waals surface area contributed by atoms with Gasteiger partial charge in [-0.05, 0) is 59.9 Å². The van der Waals surface area contributed by atoms with Crippen molar-refractivity contribution in [1.29, 1.82) is 0 Å². The molecule has 1 heterocycles. The number of nitrogens with one attached hydrogen (secondary N) is 3. The van der Waals surface area contributed by atoms with Crippen LogP contribution < -0.4 is 10.6 Å². The summed E-state index contributed by atoms with van der Waals surface area (Å²) in [7, 11) is 0. The van der Waals surface area contributed by atoms with Gasteiger partial charge in [0, 0.05) is 24.2 Å². The summed E-state index contributed by atoms with van der Waals surface area (Å²) in [6, 6.07) is 23.3. The number of carbonyl (C=O) groups is 3. The van der Waals surface area contributed by atoms with Gasteiger partial charge in [0.05, 0.1) is 12.4 Å². The highest BCUT2D eigenvalue weighted by molar-refractivity contribution is 5.91. The van der Waals surface area contributed by atoms with Crippen molar-refractivity contribution in [3.63, 3.8) is 0 Å². The predicted octanol–water partition coefficient (Wildman–Crippen LogP) is 5.59. The van der Waals surface area contributed by atoms with Gasteiger partial charge in [0.1, 0.15) is 12.3 Å². The van der Waals surface area contributed by atoms with Crippen LogP contribution in [0, 0.1) is 11.8 Å². The highest BCUT2D eigenvalue weighted by Crippen LogP contribution is 2.24. The highest BCUT2D eigenvalue weighted by Gasteiger charge is 2.28. The minimum absolute atomic E-state index is 0.158. The number of hydrogen-bond donors (Lipinski definition) is 3. The van der Waals surface area contributed by atoms with Crippen molar-refractivity contribution >= 4 is 28.9 Å². The first-order valence-corrected chi connectivity index (χ1v) is 15.0. The molecule has 0 bridgehead atoms. The molecular formula is C35H42N4O3. The molecule has 0 aliphatic rings. The van der Waals surface area contributed by atoms with Crippen LogP contribution in [0.4, 0.5) is 0 Å². The van der Waals surface area contributed by atoms with Crippen LogP contribution >= 0.6 is 0 Å². The molecule has 0 saturated carbocycles. The Bertz CT molecular complexity index is 1410. The lowest BCUT2D eigenvalue weighted by atomic mass is 9.89. The number of carbonyl (C=O) groups excluding carboxylic acids is 3. The molecule has 0 spiro atoms. The fourth-order valence-corrected chi connectivity index (χ4v) is 5.48. The molecule has 3 N–H and O–H groups in total. The number of aromatic amines is 1. The molecule has 0 saturated heterocycles. The van der Waals surface area contributed by atoms with E-state index in [1.54, 1.807) is 12.5 Å². The molecule has 3 atom stereocenters. The minimum atomic E-state index is -0.841. The lowest BCUT2D eigenvalue weighted by Crippen LogP contribution is -2.52. The zero-order valence-corrected chi connectivity index (χ0v) is 24.6. The summed E-state index contributed by atoms with van der Waals surface area (Å²) in [5, 5.41) is 8.17. The van der Waals surface area contributed by atoms with Crippen LogP contribution in [0.15, 0.2) is 85.3 Å². The van der Waals surface area contributed by atoms with E-state index in [1.165, 1.54) is 5.56 Å². The standard InChI is InChI=1S/C35H42N4O3/c1-25(2)19-31(23-40)38-35(42)33(21-30-22-36-24-37-30)39-34(41)29(15-7-6-13-26-11-4-3-5-12-26)20-28-17-10-16-27-14-8-9-18-32(27)28/h3-5,8-12,14,16-18,22-25,29,31,33H,6-7,13,15,19-21H2,1-2H3,(H,36,37)(H,38,42)(H,39,41)/t29?,31-,33-/m0/s1. The number of imidazole rings is 1. The maximum absolute atomic E-state index is 13.9. The molecule has 1 aromatic heterocycles. The molecule has 7 nitrogen and oxygen atoms in total. The van der Waals surface area contributed by atoms with Gasteiger partial charge in [-0.2, -0.15) is 0 Å². The number of benzene rings is 3. The fraction of sp³-hybridized carbons (Fsp3) is 0.371. The number of nitrogens with zero attached hydrogens (tertiary/aromatic N) is 1. The molecule has 3 aromatic carbocycles. The van der Waals surface area contributed by atoms with Crippen LogP contribution in [0.25, 0.3) is 10.8 Å². The number of H-pyrrole nitrogens is 1. The Balaban J connectivity index is 1.52. The summed E-state index contributed by atoms with van der Waals surface area (Å²) in [5.74, 6) is -0.610. The van der Waals surface area contributed by atoms with Gasteiger partial charge in [0.15, 0.2) is 0 Å². The second-order valence-corrected chi connectivity index (χ2v) is 11.5. The van der Waals surface area contributed by atoms with E-state index in [-0.39, 0.29) is 30.1 Å². The summed E-state index contributed by atoms with van der Waals surface area (Å²) in [4.78, 5) is 46.1. The Labute approximate surface area is 248 Å². The van der Waals surface area contributed by atoms with Gasteiger partial charge in [-0.1, -0.05) is 93.1 Å². The normalized spacial score (nSPS) is 13.4. The van der Waals surface area contributed by atoms with Gasteiger partial charge >= 0.3 is 0 Å². The van der Waals surface area contributed by atoms with Crippen LogP contribution in [0.5, 0.6) is 0 Å². The van der Waals surface area contributed by atoms with E-state index in [2.05, 4.69) is 57.0 Å². The van der Waals surface area contributed by atoms with Gasteiger partial charge in [-0.15, -0.1) is 0 Å². The zero-order chi connectivity index (χ0) is 29.7. The minimum Gasteiger partial charge on any atom is -0.348 e. The largest absolute Gasteiger partial charge is 0.348 e. The van der Waals surface area contributed by atoms with Gasteiger partial charge in [0.25, 0.3) is 0 Å². The van der Waals surface area contributed by atoms with E-state index >= 15 is 0 Å². The first-order valence-electron chi connectivity index (χ1n) is 15.0. The van der Waals surface area contributed by atoms with E-state index in [0.29, 0.717) is 19.3 Å². The van der Waals surface area contributed by atoms with E-state index in [0.717, 1.165) is 47.6 Å². The summed E-state index contributed by atoms with van der Waals surface area (Å²) < 4.78 is 0. The molecule has 0 aliphatic heterocycles. The maximum Gasteiger partial charge on any atom is 0.243 e. The maximum atomic E-state index is 13.9. The van der Waals surface area contributed by atoms with E-state index < -0.39 is 12.1 Å². The SMILES string of the molecule is CC(C)C[C@@H](C=O)NC(=O)[C@H](Cc1cnc[nH]1)NC(=O)C(CCCCc1ccccc1)Cc1cccc2ccccc12. The van der Waals surface area contributed by atoms with Crippen LogP contribution in [0.2, 0.25) is 0 Å². The third-order valence-electron chi connectivity index (χ3n) is 7.66. The predicted molar refractivity (Wildman–Crippen MR) is 167 cm³/mol. The number of hydrogen-bond acceptors (Lipinski definition) is 4. The average Bonchev–Trinajstić information content (AvgIpc) is 3.51. The number of amides is 2. The van der Waals surface area contributed by atoms with Crippen LogP contribution in [0.3, 0.4) is 0 Å². The molecule has 4 rings (SSSR count). The fourth-order valence-electron chi connectivity index (χ4n) is 5.48. The summed E-state index contributed by atoms with van der Waals surface area (Å²) >= 11 is 0. The molecule has 7 heteroatoms. The lowest BCUT2D eigenvalue weighted by molar-refractivity contribution is -0.132. The number of aldehydes is 1. The van der Waals surface area contributed by atoms with Crippen molar-refractivity contribution in [1.82, 2.24) is 20.6 Å². The second kappa shape index (κ2) is 15.7. The summed E-state index contributed by atoms with van der Waals surface area (Å²) in [6.45, 7) is 4.00. The molecule has 4 aromatic rings. The highest BCUT2D eigenvalue weighted by atomic mass is 16.2. The lowest BCUT2D eigenvalue weighted by Gasteiger charge is -2.24. The van der Waals surface area contributed by atoms with Crippen molar-refractivity contribution in [2.75, 3.05) is 0 Å². The Morgan fingerprint density at radius 1 is 0.881 bits per heavy atom. The number of aromatic nitrogens is 2. The Hall–Kier alpha value is -4.26. The Morgan fingerprint density at radius 2 is 1.64 bits per heavy atom. The van der Waals surface area contributed by atoms with Crippen LogP contribution in [-0.4, -0.2) is 40.2 Å². The zero-order valence-electron chi connectivity index (χ0n) is 24.6. The molecule has 0 fully saturated rings. The van der Waals surface area contributed by atoms with E-state index in [1.807, 2.05) is 50.2 Å². The first-order chi connectivity index (χ1) is 20.4. The third kappa shape index (κ3) is 9.13. The summed E-state index contributed by atoms with van der Waals surface area (Å²) in [6.07, 6.45) is 8.83. The average molecular weight is 567 g/mol. The topological polar surface area (TPSA) is 104 Å². The number of rotatable bonds is 16. The molecule has 1 unspecified atom stereocenters. The molecule has 0 aliphatic carbocycles. The second-order valence-electron chi connectivity index (χ2n) is 11.5. The van der Waals surface area contributed by atoms with Crippen molar-refractivity contribution in [2.24, 2.45) is 11.8 Å². The number of aryl methyl sites for hydroxylation is 1. The molecule has 220 valence electrons. The van der Waals surface area contributed by atoms with Gasteiger partial charge in [-0.3, -0.25) is 9.59 Å². The van der Waals surface area contributed by atoms with E-state index in [9.17, 15) is 14.4 Å². The monoisotopic (exact) mass is 566 g/mol. The number of fused-ring (bicyclic) bond motifs is 1. The smallest absolute Gasteiger partial charge is 0.243 e. The molecular weight excluding hydrogens is 524 g/mol. The van der Waals surface area contributed by atoms with Crippen LogP contribution in [-0.2, 0) is 33.6 Å². The quantitative estimate of drug-likeness (QED) is 0.121. The van der Waals surface area contributed by atoms with Gasteiger partial charge in [-0.25, -0.2) is 4.98 Å².